The minimum atomic E-state index is -0.325. The number of hydrogen-bond acceptors (Lipinski definition) is 2. The fourth-order valence-electron chi connectivity index (χ4n) is 0.938. The number of halogens is 2. The van der Waals surface area contributed by atoms with E-state index < -0.39 is 0 Å². The maximum absolute atomic E-state index is 13.0. The predicted octanol–water partition coefficient (Wildman–Crippen LogP) is 2.38. The zero-order valence-corrected chi connectivity index (χ0v) is 8.15. The van der Waals surface area contributed by atoms with Crippen LogP contribution in [-0.2, 0) is 6.54 Å². The third kappa shape index (κ3) is 2.03. The van der Waals surface area contributed by atoms with E-state index in [1.165, 1.54) is 6.07 Å². The first-order valence-electron chi connectivity index (χ1n) is 3.46. The Balaban J connectivity index is 3.05. The Labute approximate surface area is 78.5 Å². The predicted molar refractivity (Wildman–Crippen MR) is 47.5 cm³/mol. The SMILES string of the molecule is Cc1cc(CNO)c(F)cc1Br. The number of benzene rings is 1. The van der Waals surface area contributed by atoms with Gasteiger partial charge in [0.15, 0.2) is 0 Å². The van der Waals surface area contributed by atoms with E-state index in [0.29, 0.717) is 5.56 Å². The van der Waals surface area contributed by atoms with Crippen LogP contribution in [0.3, 0.4) is 0 Å². The maximum Gasteiger partial charge on any atom is 0.128 e. The Morgan fingerprint density at radius 2 is 2.25 bits per heavy atom. The van der Waals surface area contributed by atoms with Gasteiger partial charge in [-0.1, -0.05) is 22.0 Å². The summed E-state index contributed by atoms with van der Waals surface area (Å²) in [7, 11) is 0. The summed E-state index contributed by atoms with van der Waals surface area (Å²) >= 11 is 3.21. The molecular weight excluding hydrogens is 225 g/mol. The minimum absolute atomic E-state index is 0.125. The number of aryl methyl sites for hydroxylation is 1. The molecule has 0 radical (unpaired) electrons. The summed E-state index contributed by atoms with van der Waals surface area (Å²) < 4.78 is 13.8. The Hall–Kier alpha value is -0.450. The quantitative estimate of drug-likeness (QED) is 0.770. The van der Waals surface area contributed by atoms with Crippen molar-refractivity contribution in [3.63, 3.8) is 0 Å². The van der Waals surface area contributed by atoms with Crippen molar-refractivity contribution in [2.45, 2.75) is 13.5 Å². The van der Waals surface area contributed by atoms with Crippen molar-refractivity contribution in [3.8, 4) is 0 Å². The Morgan fingerprint density at radius 1 is 1.58 bits per heavy atom. The molecule has 2 N–H and O–H groups in total. The Bertz CT molecular complexity index is 291. The van der Waals surface area contributed by atoms with E-state index >= 15 is 0 Å². The van der Waals surface area contributed by atoms with Gasteiger partial charge in [0.05, 0.1) is 0 Å². The summed E-state index contributed by atoms with van der Waals surface area (Å²) in [4.78, 5) is 0. The zero-order valence-electron chi connectivity index (χ0n) is 6.56. The molecule has 0 amide bonds. The Morgan fingerprint density at radius 3 is 2.83 bits per heavy atom. The average Bonchev–Trinajstić information content (AvgIpc) is 2.01. The van der Waals surface area contributed by atoms with E-state index in [1.807, 2.05) is 12.4 Å². The molecule has 1 aromatic rings. The highest BCUT2D eigenvalue weighted by atomic mass is 79.9. The van der Waals surface area contributed by atoms with E-state index in [9.17, 15) is 4.39 Å². The highest BCUT2D eigenvalue weighted by Crippen LogP contribution is 2.20. The van der Waals surface area contributed by atoms with Crippen LogP contribution >= 0.6 is 15.9 Å². The van der Waals surface area contributed by atoms with Gasteiger partial charge in [-0.3, -0.25) is 0 Å². The number of hydrogen-bond donors (Lipinski definition) is 2. The van der Waals surface area contributed by atoms with Gasteiger partial charge in [-0.05, 0) is 18.6 Å². The molecule has 0 bridgehead atoms. The molecule has 0 aliphatic heterocycles. The van der Waals surface area contributed by atoms with Gasteiger partial charge < -0.3 is 5.21 Å². The van der Waals surface area contributed by atoms with Crippen LogP contribution in [0.1, 0.15) is 11.1 Å². The van der Waals surface area contributed by atoms with Gasteiger partial charge in [0.2, 0.25) is 0 Å². The lowest BCUT2D eigenvalue weighted by Gasteiger charge is -2.04. The zero-order chi connectivity index (χ0) is 9.14. The third-order valence-electron chi connectivity index (χ3n) is 1.60. The van der Waals surface area contributed by atoms with Crippen LogP contribution < -0.4 is 5.48 Å². The summed E-state index contributed by atoms with van der Waals surface area (Å²) in [6.45, 7) is 1.99. The van der Waals surface area contributed by atoms with Crippen LogP contribution in [0.15, 0.2) is 16.6 Å². The van der Waals surface area contributed by atoms with Crippen LogP contribution in [0.25, 0.3) is 0 Å². The van der Waals surface area contributed by atoms with Gasteiger partial charge in [-0.15, -0.1) is 0 Å². The molecule has 0 heterocycles. The summed E-state index contributed by atoms with van der Waals surface area (Å²) in [5.74, 6) is -0.325. The monoisotopic (exact) mass is 233 g/mol. The molecule has 0 unspecified atom stereocenters. The van der Waals surface area contributed by atoms with E-state index in [4.69, 9.17) is 5.21 Å². The van der Waals surface area contributed by atoms with Gasteiger partial charge in [0.25, 0.3) is 0 Å². The first-order valence-corrected chi connectivity index (χ1v) is 4.26. The second-order valence-electron chi connectivity index (χ2n) is 2.53. The first-order chi connectivity index (χ1) is 5.65. The molecule has 0 saturated heterocycles. The average molecular weight is 234 g/mol. The van der Waals surface area contributed by atoms with Crippen molar-refractivity contribution >= 4 is 15.9 Å². The van der Waals surface area contributed by atoms with Crippen LogP contribution in [-0.4, -0.2) is 5.21 Å². The van der Waals surface area contributed by atoms with E-state index in [1.54, 1.807) is 6.07 Å². The van der Waals surface area contributed by atoms with Crippen molar-refractivity contribution < 1.29 is 9.60 Å². The smallest absolute Gasteiger partial charge is 0.128 e. The van der Waals surface area contributed by atoms with Crippen molar-refractivity contribution in [3.05, 3.63) is 33.5 Å². The molecule has 0 saturated carbocycles. The van der Waals surface area contributed by atoms with Crippen molar-refractivity contribution in [1.29, 1.82) is 0 Å². The molecule has 0 aliphatic rings. The van der Waals surface area contributed by atoms with Crippen LogP contribution in [0.2, 0.25) is 0 Å². The molecule has 66 valence electrons. The van der Waals surface area contributed by atoms with Crippen LogP contribution in [0.5, 0.6) is 0 Å². The highest BCUT2D eigenvalue weighted by Gasteiger charge is 2.04. The molecule has 0 spiro atoms. The molecule has 0 aromatic heterocycles. The molecule has 0 atom stereocenters. The molecule has 1 aromatic carbocycles. The van der Waals surface area contributed by atoms with E-state index in [-0.39, 0.29) is 12.4 Å². The molecule has 0 fully saturated rings. The lowest BCUT2D eigenvalue weighted by atomic mass is 10.1. The summed E-state index contributed by atoms with van der Waals surface area (Å²) in [6.07, 6.45) is 0. The van der Waals surface area contributed by atoms with Crippen molar-refractivity contribution in [2.75, 3.05) is 0 Å². The Kier molecular flexibility index (Phi) is 3.20. The number of hydroxylamine groups is 1. The molecular formula is C8H9BrFNO. The van der Waals surface area contributed by atoms with Gasteiger partial charge in [0.1, 0.15) is 5.82 Å². The molecule has 2 nitrogen and oxygen atoms in total. The standard InChI is InChI=1S/C8H9BrFNO/c1-5-2-6(4-11-12)8(10)3-7(5)9/h2-3,11-12H,4H2,1H3. The second kappa shape index (κ2) is 3.98. The number of rotatable bonds is 2. The third-order valence-corrected chi connectivity index (χ3v) is 2.45. The molecule has 0 aliphatic carbocycles. The van der Waals surface area contributed by atoms with Gasteiger partial charge in [-0.25, -0.2) is 9.87 Å². The van der Waals surface area contributed by atoms with Crippen molar-refractivity contribution in [2.24, 2.45) is 0 Å². The summed E-state index contributed by atoms with van der Waals surface area (Å²) in [6, 6.07) is 3.07. The van der Waals surface area contributed by atoms with Crippen molar-refractivity contribution in [1.82, 2.24) is 5.48 Å². The summed E-state index contributed by atoms with van der Waals surface area (Å²) in [5, 5.41) is 8.38. The van der Waals surface area contributed by atoms with Crippen LogP contribution in [0.4, 0.5) is 4.39 Å². The minimum Gasteiger partial charge on any atom is -0.316 e. The molecule has 12 heavy (non-hydrogen) atoms. The number of nitrogens with one attached hydrogen (secondary N) is 1. The topological polar surface area (TPSA) is 32.3 Å². The van der Waals surface area contributed by atoms with E-state index in [2.05, 4.69) is 15.9 Å². The first kappa shape index (κ1) is 9.64. The van der Waals surface area contributed by atoms with Gasteiger partial charge in [-0.2, -0.15) is 0 Å². The fourth-order valence-corrected chi connectivity index (χ4v) is 1.25. The molecule has 4 heteroatoms. The van der Waals surface area contributed by atoms with Crippen LogP contribution in [0, 0.1) is 12.7 Å². The summed E-state index contributed by atoms with van der Waals surface area (Å²) in [5.41, 5.74) is 3.32. The molecule has 1 rings (SSSR count). The largest absolute Gasteiger partial charge is 0.316 e. The van der Waals surface area contributed by atoms with Gasteiger partial charge >= 0.3 is 0 Å². The van der Waals surface area contributed by atoms with Gasteiger partial charge in [0, 0.05) is 16.6 Å². The lowest BCUT2D eigenvalue weighted by Crippen LogP contribution is -2.08. The highest BCUT2D eigenvalue weighted by molar-refractivity contribution is 9.10. The van der Waals surface area contributed by atoms with E-state index in [0.717, 1.165) is 10.0 Å². The lowest BCUT2D eigenvalue weighted by molar-refractivity contribution is 0.160. The normalized spacial score (nSPS) is 10.3. The maximum atomic E-state index is 13.0. The second-order valence-corrected chi connectivity index (χ2v) is 3.38. The fraction of sp³-hybridized carbons (Fsp3) is 0.250.